The van der Waals surface area contributed by atoms with Gasteiger partial charge in [-0.1, -0.05) is 35.8 Å². The first-order chi connectivity index (χ1) is 13.8. The Kier molecular flexibility index (Phi) is 4.41. The van der Waals surface area contributed by atoms with Crippen molar-refractivity contribution in [3.05, 3.63) is 59.9 Å². The van der Waals surface area contributed by atoms with Gasteiger partial charge in [0.05, 0.1) is 18.2 Å². The lowest BCUT2D eigenvalue weighted by Gasteiger charge is -2.24. The summed E-state index contributed by atoms with van der Waals surface area (Å²) in [6.07, 6.45) is 8.42. The van der Waals surface area contributed by atoms with Crippen LogP contribution in [0.2, 0.25) is 0 Å². The zero-order valence-corrected chi connectivity index (χ0v) is 15.7. The zero-order valence-electron chi connectivity index (χ0n) is 15.7. The minimum absolute atomic E-state index is 0.0570. The number of hydrogen-bond donors (Lipinski definition) is 1. The molecular formula is C21H23N5O2. The van der Waals surface area contributed by atoms with E-state index in [9.17, 15) is 5.11 Å². The number of hydrogen-bond acceptors (Lipinski definition) is 7. The Morgan fingerprint density at radius 3 is 2.82 bits per heavy atom. The standard InChI is InChI=1S/C21H23N5O2/c27-13-16-5-3-15(4-6-16)11-26-12-17-2-1-7-21(17,14-26)20-24-19(25-28-20)18-10-22-8-9-23-18/h3-6,8-10,17,27H,1-2,7,11-14H2/t17-,21-/m1/s1. The van der Waals surface area contributed by atoms with E-state index in [0.29, 0.717) is 17.4 Å². The first-order valence-electron chi connectivity index (χ1n) is 9.78. The van der Waals surface area contributed by atoms with Gasteiger partial charge in [-0.05, 0) is 29.9 Å². The van der Waals surface area contributed by atoms with Crippen LogP contribution in [0.3, 0.4) is 0 Å². The summed E-state index contributed by atoms with van der Waals surface area (Å²) in [5.41, 5.74) is 2.79. The molecule has 0 spiro atoms. The third-order valence-corrected chi connectivity index (χ3v) is 6.20. The molecule has 144 valence electrons. The highest BCUT2D eigenvalue weighted by Crippen LogP contribution is 2.50. The lowest BCUT2D eigenvalue weighted by molar-refractivity contribution is 0.245. The third kappa shape index (κ3) is 3.00. The van der Waals surface area contributed by atoms with E-state index in [1.807, 2.05) is 12.1 Å². The number of likely N-dealkylation sites (tertiary alicyclic amines) is 1. The molecular weight excluding hydrogens is 354 g/mol. The highest BCUT2D eigenvalue weighted by atomic mass is 16.5. The van der Waals surface area contributed by atoms with E-state index in [0.717, 1.165) is 37.5 Å². The molecule has 1 aromatic carbocycles. The summed E-state index contributed by atoms with van der Waals surface area (Å²) in [6.45, 7) is 2.96. The van der Waals surface area contributed by atoms with E-state index in [2.05, 4.69) is 32.2 Å². The molecule has 2 aliphatic rings. The average Bonchev–Trinajstić information content (AvgIpc) is 3.44. The van der Waals surface area contributed by atoms with Crippen LogP contribution in [0.1, 0.15) is 36.3 Å². The van der Waals surface area contributed by atoms with Crippen LogP contribution in [0, 0.1) is 5.92 Å². The van der Waals surface area contributed by atoms with Crippen molar-refractivity contribution in [2.24, 2.45) is 5.92 Å². The predicted molar refractivity (Wildman–Crippen MR) is 102 cm³/mol. The quantitative estimate of drug-likeness (QED) is 0.731. The van der Waals surface area contributed by atoms with Crippen LogP contribution >= 0.6 is 0 Å². The van der Waals surface area contributed by atoms with Crippen molar-refractivity contribution >= 4 is 0 Å². The second-order valence-electron chi connectivity index (χ2n) is 7.90. The summed E-state index contributed by atoms with van der Waals surface area (Å²) in [6, 6.07) is 8.19. The van der Waals surface area contributed by atoms with Crippen molar-refractivity contribution in [1.82, 2.24) is 25.0 Å². The normalized spacial score (nSPS) is 24.5. The molecule has 28 heavy (non-hydrogen) atoms. The number of benzene rings is 1. The first kappa shape index (κ1) is 17.5. The smallest absolute Gasteiger partial charge is 0.234 e. The zero-order chi connectivity index (χ0) is 19.0. The van der Waals surface area contributed by atoms with Gasteiger partial charge in [0.25, 0.3) is 0 Å². The van der Waals surface area contributed by atoms with Crippen molar-refractivity contribution in [3.63, 3.8) is 0 Å². The van der Waals surface area contributed by atoms with Crippen LogP contribution in [0.15, 0.2) is 47.4 Å². The van der Waals surface area contributed by atoms with Gasteiger partial charge < -0.3 is 9.63 Å². The lowest BCUT2D eigenvalue weighted by Crippen LogP contribution is -2.32. The summed E-state index contributed by atoms with van der Waals surface area (Å²) in [5.74, 6) is 1.80. The molecule has 1 N–H and O–H groups in total. The minimum atomic E-state index is -0.0570. The van der Waals surface area contributed by atoms with E-state index >= 15 is 0 Å². The van der Waals surface area contributed by atoms with Gasteiger partial charge in [-0.25, -0.2) is 4.98 Å². The lowest BCUT2D eigenvalue weighted by atomic mass is 9.80. The van der Waals surface area contributed by atoms with Crippen molar-refractivity contribution in [2.75, 3.05) is 13.1 Å². The maximum Gasteiger partial charge on any atom is 0.234 e. The van der Waals surface area contributed by atoms with Crippen molar-refractivity contribution in [1.29, 1.82) is 0 Å². The summed E-state index contributed by atoms with van der Waals surface area (Å²) < 4.78 is 5.75. The molecule has 1 saturated heterocycles. The molecule has 3 aromatic rings. The van der Waals surface area contributed by atoms with E-state index in [-0.39, 0.29) is 12.0 Å². The highest BCUT2D eigenvalue weighted by Gasteiger charge is 2.54. The Morgan fingerprint density at radius 1 is 1.18 bits per heavy atom. The molecule has 3 heterocycles. The van der Waals surface area contributed by atoms with Crippen LogP contribution in [0.4, 0.5) is 0 Å². The number of rotatable bonds is 5. The molecule has 7 nitrogen and oxygen atoms in total. The molecule has 0 bridgehead atoms. The Bertz CT molecular complexity index is 943. The second-order valence-corrected chi connectivity index (χ2v) is 7.90. The Balaban J connectivity index is 1.37. The Labute approximate surface area is 163 Å². The second kappa shape index (κ2) is 7.07. The van der Waals surface area contributed by atoms with Crippen molar-refractivity contribution in [3.8, 4) is 11.5 Å². The maximum atomic E-state index is 9.22. The van der Waals surface area contributed by atoms with E-state index in [1.165, 1.54) is 18.4 Å². The highest BCUT2D eigenvalue weighted by molar-refractivity contribution is 5.46. The van der Waals surface area contributed by atoms with Gasteiger partial charge in [-0.2, -0.15) is 4.98 Å². The largest absolute Gasteiger partial charge is 0.392 e. The number of nitrogens with zero attached hydrogens (tertiary/aromatic N) is 5. The predicted octanol–water partition coefficient (Wildman–Crippen LogP) is 2.57. The van der Waals surface area contributed by atoms with Gasteiger partial charge in [-0.15, -0.1) is 0 Å². The fourth-order valence-corrected chi connectivity index (χ4v) is 4.82. The summed E-state index contributed by atoms with van der Waals surface area (Å²) in [7, 11) is 0. The van der Waals surface area contributed by atoms with Crippen LogP contribution in [-0.4, -0.2) is 43.2 Å². The number of fused-ring (bicyclic) bond motifs is 1. The first-order valence-corrected chi connectivity index (χ1v) is 9.78. The van der Waals surface area contributed by atoms with Crippen molar-refractivity contribution < 1.29 is 9.63 Å². The summed E-state index contributed by atoms with van der Waals surface area (Å²) in [5, 5.41) is 13.4. The van der Waals surface area contributed by atoms with E-state index < -0.39 is 0 Å². The number of aromatic nitrogens is 4. The molecule has 0 unspecified atom stereocenters. The number of aliphatic hydroxyl groups excluding tert-OH is 1. The van der Waals surface area contributed by atoms with Gasteiger partial charge in [0.1, 0.15) is 5.69 Å². The Morgan fingerprint density at radius 2 is 2.04 bits per heavy atom. The van der Waals surface area contributed by atoms with Crippen molar-refractivity contribution in [2.45, 2.75) is 37.8 Å². The van der Waals surface area contributed by atoms with Gasteiger partial charge in [-0.3, -0.25) is 9.88 Å². The fourth-order valence-electron chi connectivity index (χ4n) is 4.82. The molecule has 2 fully saturated rings. The molecule has 1 saturated carbocycles. The van der Waals surface area contributed by atoms with Crippen LogP contribution < -0.4 is 0 Å². The molecule has 1 aliphatic heterocycles. The van der Waals surface area contributed by atoms with Gasteiger partial charge in [0.2, 0.25) is 11.7 Å². The molecule has 0 amide bonds. The third-order valence-electron chi connectivity index (χ3n) is 6.20. The molecule has 1 aliphatic carbocycles. The van der Waals surface area contributed by atoms with E-state index in [1.54, 1.807) is 18.6 Å². The van der Waals surface area contributed by atoms with Crippen LogP contribution in [0.5, 0.6) is 0 Å². The molecule has 2 atom stereocenters. The molecule has 7 heteroatoms. The molecule has 5 rings (SSSR count). The topological polar surface area (TPSA) is 88.2 Å². The van der Waals surface area contributed by atoms with Gasteiger partial charge >= 0.3 is 0 Å². The minimum Gasteiger partial charge on any atom is -0.392 e. The van der Waals surface area contributed by atoms with Gasteiger partial charge in [0.15, 0.2) is 0 Å². The molecule has 0 radical (unpaired) electrons. The van der Waals surface area contributed by atoms with Gasteiger partial charge in [0, 0.05) is 32.0 Å². The fraction of sp³-hybridized carbons (Fsp3) is 0.429. The van der Waals surface area contributed by atoms with E-state index in [4.69, 9.17) is 9.51 Å². The summed E-state index contributed by atoms with van der Waals surface area (Å²) in [4.78, 5) is 15.6. The van der Waals surface area contributed by atoms with Crippen LogP contribution in [-0.2, 0) is 18.6 Å². The van der Waals surface area contributed by atoms with Crippen LogP contribution in [0.25, 0.3) is 11.5 Å². The average molecular weight is 377 g/mol. The monoisotopic (exact) mass is 377 g/mol. The summed E-state index contributed by atoms with van der Waals surface area (Å²) >= 11 is 0. The Hall–Kier alpha value is -2.64. The number of aliphatic hydroxyl groups is 1. The maximum absolute atomic E-state index is 9.22. The SMILES string of the molecule is OCc1ccc(CN2C[C@H]3CCC[C@@]3(c3nc(-c4cnccn4)no3)C2)cc1. The molecule has 2 aromatic heterocycles.